The minimum atomic E-state index is -3.51. The number of fused-ring (bicyclic) bond motifs is 2. The van der Waals surface area contributed by atoms with Crippen LogP contribution in [0.1, 0.15) is 18.4 Å². The molecule has 1 saturated heterocycles. The Morgan fingerprint density at radius 2 is 1.94 bits per heavy atom. The molecule has 1 N–H and O–H groups in total. The highest BCUT2D eigenvalue weighted by Gasteiger charge is 2.27. The summed E-state index contributed by atoms with van der Waals surface area (Å²) in [5.74, 6) is 0.757. The average Bonchev–Trinajstić information content (AvgIpc) is 3.43. The van der Waals surface area contributed by atoms with E-state index in [1.165, 1.54) is 15.6 Å². The molecule has 1 fully saturated rings. The number of nitrogens with one attached hydrogen (secondary N) is 1. The fourth-order valence-corrected chi connectivity index (χ4v) is 6.64. The van der Waals surface area contributed by atoms with Gasteiger partial charge in [0.25, 0.3) is 0 Å². The summed E-state index contributed by atoms with van der Waals surface area (Å²) in [6, 6.07) is 8.29. The van der Waals surface area contributed by atoms with Crippen molar-refractivity contribution in [1.29, 1.82) is 0 Å². The minimum absolute atomic E-state index is 0.0842. The molecule has 1 amide bonds. The Morgan fingerprint density at radius 1 is 1.16 bits per heavy atom. The number of hydrogen-bond donors (Lipinski definition) is 1. The molecule has 32 heavy (non-hydrogen) atoms. The maximum absolute atomic E-state index is 12.8. The lowest BCUT2D eigenvalue weighted by Gasteiger charge is -2.20. The van der Waals surface area contributed by atoms with Crippen molar-refractivity contribution in [2.24, 2.45) is 0 Å². The van der Waals surface area contributed by atoms with Crippen LogP contribution in [-0.2, 0) is 21.2 Å². The molecule has 168 valence electrons. The Bertz CT molecular complexity index is 1300. The van der Waals surface area contributed by atoms with E-state index in [1.807, 2.05) is 0 Å². The van der Waals surface area contributed by atoms with E-state index in [9.17, 15) is 13.2 Å². The highest BCUT2D eigenvalue weighted by Crippen LogP contribution is 2.38. The van der Waals surface area contributed by atoms with Crippen molar-refractivity contribution >= 4 is 54.2 Å². The normalized spacial score (nSPS) is 16.4. The zero-order valence-corrected chi connectivity index (χ0v) is 19.4. The van der Waals surface area contributed by atoms with Crippen LogP contribution in [0.2, 0.25) is 5.02 Å². The van der Waals surface area contributed by atoms with E-state index in [0.29, 0.717) is 63.7 Å². The van der Waals surface area contributed by atoms with Crippen LogP contribution < -0.4 is 14.8 Å². The third kappa shape index (κ3) is 4.15. The van der Waals surface area contributed by atoms with E-state index < -0.39 is 10.0 Å². The molecule has 1 aromatic heterocycles. The van der Waals surface area contributed by atoms with Crippen molar-refractivity contribution in [2.45, 2.75) is 24.2 Å². The summed E-state index contributed by atoms with van der Waals surface area (Å²) < 4.78 is 38.9. The number of carbonyl (C=O) groups excluding carboxylic acids is 1. The van der Waals surface area contributed by atoms with Crippen LogP contribution in [0.4, 0.5) is 5.13 Å². The minimum Gasteiger partial charge on any atom is -0.486 e. The second kappa shape index (κ2) is 8.51. The fraction of sp³-hybridized carbons (Fsp3) is 0.333. The van der Waals surface area contributed by atoms with Crippen LogP contribution in [0, 0.1) is 0 Å². The molecule has 3 aromatic rings. The van der Waals surface area contributed by atoms with E-state index in [2.05, 4.69) is 10.3 Å². The van der Waals surface area contributed by atoms with Gasteiger partial charge in [0.1, 0.15) is 13.2 Å². The van der Waals surface area contributed by atoms with Crippen LogP contribution in [0.15, 0.2) is 35.2 Å². The number of rotatable bonds is 5. The molecule has 0 spiro atoms. The zero-order valence-electron chi connectivity index (χ0n) is 17.0. The number of benzene rings is 2. The van der Waals surface area contributed by atoms with Gasteiger partial charge in [0, 0.05) is 13.1 Å². The quantitative estimate of drug-likeness (QED) is 0.582. The SMILES string of the molecule is O=C(Cc1cc(Cl)c2c(c1)OCCO2)Nc1nc2ccc(S(=O)(=O)N3CCCC3)cc2s1. The molecule has 0 saturated carbocycles. The third-order valence-electron chi connectivity index (χ3n) is 5.33. The van der Waals surface area contributed by atoms with Crippen LogP contribution in [-0.4, -0.2) is 49.9 Å². The first kappa shape index (κ1) is 21.4. The van der Waals surface area contributed by atoms with Gasteiger partial charge >= 0.3 is 0 Å². The molecule has 5 rings (SSSR count). The molecular formula is C21H20ClN3O5S2. The lowest BCUT2D eigenvalue weighted by molar-refractivity contribution is -0.115. The highest BCUT2D eigenvalue weighted by atomic mass is 35.5. The molecule has 0 atom stereocenters. The van der Waals surface area contributed by atoms with Gasteiger partial charge in [-0.15, -0.1) is 0 Å². The van der Waals surface area contributed by atoms with Crippen LogP contribution >= 0.6 is 22.9 Å². The maximum Gasteiger partial charge on any atom is 0.243 e. The summed E-state index contributed by atoms with van der Waals surface area (Å²) in [7, 11) is -3.51. The first-order valence-electron chi connectivity index (χ1n) is 10.2. The number of carbonyl (C=O) groups is 1. The second-order valence-electron chi connectivity index (χ2n) is 7.59. The van der Waals surface area contributed by atoms with Gasteiger partial charge in [0.05, 0.1) is 26.6 Å². The van der Waals surface area contributed by atoms with Crippen LogP contribution in [0.3, 0.4) is 0 Å². The van der Waals surface area contributed by atoms with Gasteiger partial charge in [-0.3, -0.25) is 4.79 Å². The van der Waals surface area contributed by atoms with E-state index in [-0.39, 0.29) is 17.2 Å². The summed E-state index contributed by atoms with van der Waals surface area (Å²) in [4.78, 5) is 17.2. The maximum atomic E-state index is 12.8. The summed E-state index contributed by atoms with van der Waals surface area (Å²) in [5, 5.41) is 3.59. The number of ether oxygens (including phenoxy) is 2. The number of amides is 1. The van der Waals surface area contributed by atoms with Crippen LogP contribution in [0.5, 0.6) is 11.5 Å². The summed E-state index contributed by atoms with van der Waals surface area (Å²) in [5.41, 5.74) is 1.32. The van der Waals surface area contributed by atoms with Crippen molar-refractivity contribution in [2.75, 3.05) is 31.6 Å². The Morgan fingerprint density at radius 3 is 2.75 bits per heavy atom. The largest absolute Gasteiger partial charge is 0.486 e. The van der Waals surface area contributed by atoms with Gasteiger partial charge in [0.2, 0.25) is 15.9 Å². The van der Waals surface area contributed by atoms with Crippen molar-refractivity contribution < 1.29 is 22.7 Å². The van der Waals surface area contributed by atoms with E-state index in [4.69, 9.17) is 21.1 Å². The predicted octanol–water partition coefficient (Wildman–Crippen LogP) is 3.69. The molecule has 0 bridgehead atoms. The average molecular weight is 494 g/mol. The smallest absolute Gasteiger partial charge is 0.243 e. The van der Waals surface area contributed by atoms with E-state index >= 15 is 0 Å². The molecule has 3 heterocycles. The number of halogens is 1. The lowest BCUT2D eigenvalue weighted by Crippen LogP contribution is -2.27. The third-order valence-corrected chi connectivity index (χ3v) is 8.44. The molecule has 2 aliphatic rings. The first-order chi connectivity index (χ1) is 15.4. The van der Waals surface area contributed by atoms with E-state index in [1.54, 1.807) is 30.3 Å². The molecule has 0 unspecified atom stereocenters. The van der Waals surface area contributed by atoms with Gasteiger partial charge in [-0.25, -0.2) is 13.4 Å². The monoisotopic (exact) mass is 493 g/mol. The summed E-state index contributed by atoms with van der Waals surface area (Å²) in [6.45, 7) is 1.97. The molecule has 2 aliphatic heterocycles. The molecular weight excluding hydrogens is 474 g/mol. The van der Waals surface area contributed by atoms with Crippen molar-refractivity contribution in [3.05, 3.63) is 40.9 Å². The number of sulfonamides is 1. The van der Waals surface area contributed by atoms with Gasteiger partial charge in [-0.05, 0) is 48.7 Å². The summed E-state index contributed by atoms with van der Waals surface area (Å²) >= 11 is 7.48. The Hall–Kier alpha value is -2.40. The van der Waals surface area contributed by atoms with Crippen molar-refractivity contribution in [3.8, 4) is 11.5 Å². The van der Waals surface area contributed by atoms with Gasteiger partial charge in [-0.2, -0.15) is 4.31 Å². The molecule has 2 aromatic carbocycles. The number of aromatic nitrogens is 1. The highest BCUT2D eigenvalue weighted by molar-refractivity contribution is 7.89. The van der Waals surface area contributed by atoms with Crippen LogP contribution in [0.25, 0.3) is 10.2 Å². The Balaban J connectivity index is 1.32. The number of nitrogens with zero attached hydrogens (tertiary/aromatic N) is 2. The standard InChI is InChI=1S/C21H20ClN3O5S2/c22-15-9-13(10-17-20(15)30-8-7-29-17)11-19(26)24-21-23-16-4-3-14(12-18(16)31-21)32(27,28)25-5-1-2-6-25/h3-4,9-10,12H,1-2,5-8,11H2,(H,23,24,26). The second-order valence-corrected chi connectivity index (χ2v) is 11.0. The number of hydrogen-bond acceptors (Lipinski definition) is 7. The Labute approximate surface area is 194 Å². The van der Waals surface area contributed by atoms with Gasteiger partial charge in [0.15, 0.2) is 16.6 Å². The predicted molar refractivity (Wildman–Crippen MR) is 122 cm³/mol. The van der Waals surface area contributed by atoms with E-state index in [0.717, 1.165) is 12.8 Å². The molecule has 0 aliphatic carbocycles. The Kier molecular flexibility index (Phi) is 5.70. The molecule has 8 nitrogen and oxygen atoms in total. The van der Waals surface area contributed by atoms with Crippen molar-refractivity contribution in [3.63, 3.8) is 0 Å². The zero-order chi connectivity index (χ0) is 22.3. The summed E-state index contributed by atoms with van der Waals surface area (Å²) in [6.07, 6.45) is 1.85. The topological polar surface area (TPSA) is 97.8 Å². The number of thiazole rings is 1. The molecule has 11 heteroatoms. The number of anilines is 1. The first-order valence-corrected chi connectivity index (χ1v) is 12.8. The lowest BCUT2D eigenvalue weighted by atomic mass is 10.1. The fourth-order valence-electron chi connectivity index (χ4n) is 3.81. The molecule has 0 radical (unpaired) electrons. The van der Waals surface area contributed by atoms with Crippen molar-refractivity contribution in [1.82, 2.24) is 9.29 Å². The van der Waals surface area contributed by atoms with Gasteiger partial charge < -0.3 is 14.8 Å². The van der Waals surface area contributed by atoms with Gasteiger partial charge in [-0.1, -0.05) is 22.9 Å².